The maximum atomic E-state index is 7.19. The van der Waals surface area contributed by atoms with Crippen LogP contribution >= 0.6 is 0 Å². The Hall–Kier alpha value is -1.31. The van der Waals surface area contributed by atoms with Gasteiger partial charge in [0.2, 0.25) is 8.32 Å². The van der Waals surface area contributed by atoms with Gasteiger partial charge in [0.05, 0.1) is 0 Å². The second-order valence-electron chi connectivity index (χ2n) is 4.03. The number of rotatable bonds is 3. The van der Waals surface area contributed by atoms with Gasteiger partial charge in [0, 0.05) is 11.4 Å². The van der Waals surface area contributed by atoms with E-state index in [-0.39, 0.29) is 0 Å². The molecule has 0 amide bonds. The lowest BCUT2D eigenvalue weighted by Gasteiger charge is -2.19. The highest BCUT2D eigenvalue weighted by Gasteiger charge is 2.18. The molecular weight excluding hydrogens is 190 g/mol. The average molecular weight is 205 g/mol. The zero-order valence-corrected chi connectivity index (χ0v) is 9.79. The Bertz CT molecular complexity index is 347. The van der Waals surface area contributed by atoms with E-state index in [4.69, 9.17) is 9.84 Å². The Balaban J connectivity index is 2.91. The van der Waals surface area contributed by atoms with Crippen molar-refractivity contribution in [1.29, 1.82) is 5.41 Å². The topological polar surface area (TPSA) is 33.1 Å². The molecule has 74 valence electrons. The fourth-order valence-electron chi connectivity index (χ4n) is 1.05. The monoisotopic (exact) mass is 205 g/mol. The van der Waals surface area contributed by atoms with E-state index < -0.39 is 8.32 Å². The minimum absolute atomic E-state index is 0.546. The third kappa shape index (κ3) is 3.21. The Morgan fingerprint density at radius 1 is 1.21 bits per heavy atom. The van der Waals surface area contributed by atoms with Crippen LogP contribution in [0.5, 0.6) is 0 Å². The molecule has 1 aromatic rings. The number of hydrogen-bond acceptors (Lipinski definition) is 2. The van der Waals surface area contributed by atoms with Crippen LogP contribution in [-0.2, 0) is 4.43 Å². The Morgan fingerprint density at radius 2 is 1.79 bits per heavy atom. The van der Waals surface area contributed by atoms with Crippen LogP contribution in [0, 0.1) is 5.41 Å². The van der Waals surface area contributed by atoms with Gasteiger partial charge in [-0.15, -0.1) is 0 Å². The van der Waals surface area contributed by atoms with E-state index in [1.54, 1.807) is 0 Å². The van der Waals surface area contributed by atoms with Gasteiger partial charge in [-0.05, 0) is 19.6 Å². The number of benzene rings is 1. The molecule has 0 bridgehead atoms. The Morgan fingerprint density at radius 3 is 2.21 bits per heavy atom. The highest BCUT2D eigenvalue weighted by atomic mass is 28.4. The van der Waals surface area contributed by atoms with Gasteiger partial charge in [-0.3, -0.25) is 5.41 Å². The lowest BCUT2D eigenvalue weighted by Crippen LogP contribution is -2.24. The molecule has 1 N–H and O–H groups in total. The highest BCUT2D eigenvalue weighted by molar-refractivity contribution is 6.70. The maximum absolute atomic E-state index is 7.19. The van der Waals surface area contributed by atoms with Gasteiger partial charge in [0.1, 0.15) is 0 Å². The van der Waals surface area contributed by atoms with Crippen molar-refractivity contribution in [3.05, 3.63) is 35.9 Å². The van der Waals surface area contributed by atoms with Crippen molar-refractivity contribution >= 4 is 19.9 Å². The molecule has 0 aliphatic rings. The van der Waals surface area contributed by atoms with E-state index in [2.05, 4.69) is 25.5 Å². The van der Waals surface area contributed by atoms with E-state index in [1.807, 2.05) is 30.3 Å². The summed E-state index contributed by atoms with van der Waals surface area (Å²) < 4.78 is 5.73. The predicted octanol–water partition coefficient (Wildman–Crippen LogP) is 3.13. The Kier molecular flexibility index (Phi) is 3.28. The first-order chi connectivity index (χ1) is 6.53. The number of hydrogen-bond donors (Lipinski definition) is 1. The molecule has 0 aliphatic carbocycles. The summed E-state index contributed by atoms with van der Waals surface area (Å²) in [7, 11) is -1.64. The van der Waals surface area contributed by atoms with E-state index >= 15 is 0 Å². The van der Waals surface area contributed by atoms with Gasteiger partial charge in [-0.1, -0.05) is 30.3 Å². The van der Waals surface area contributed by atoms with Crippen LogP contribution in [0.4, 0.5) is 0 Å². The molecule has 1 rings (SSSR count). The third-order valence-electron chi connectivity index (χ3n) is 1.56. The van der Waals surface area contributed by atoms with Crippen LogP contribution < -0.4 is 0 Å². The van der Waals surface area contributed by atoms with Crippen molar-refractivity contribution in [2.45, 2.75) is 19.6 Å². The summed E-state index contributed by atoms with van der Waals surface area (Å²) in [6.07, 6.45) is 0. The van der Waals surface area contributed by atoms with E-state index in [9.17, 15) is 0 Å². The van der Waals surface area contributed by atoms with Crippen molar-refractivity contribution < 1.29 is 4.43 Å². The first-order valence-corrected chi connectivity index (χ1v) is 7.98. The zero-order chi connectivity index (χ0) is 10.6. The fourth-order valence-corrected chi connectivity index (χ4v) is 1.83. The molecule has 14 heavy (non-hydrogen) atoms. The summed E-state index contributed by atoms with van der Waals surface area (Å²) >= 11 is 0. The predicted molar refractivity (Wildman–Crippen MR) is 62.0 cm³/mol. The van der Waals surface area contributed by atoms with Gasteiger partial charge >= 0.3 is 0 Å². The molecule has 0 heterocycles. The standard InChI is InChI=1S/C11H15NOSi/c1-14(2,3)13-11(9-12)10-7-5-4-6-8-10/h4-8,12H,1-3H3. The van der Waals surface area contributed by atoms with E-state index in [0.717, 1.165) is 5.56 Å². The van der Waals surface area contributed by atoms with Crippen LogP contribution in [0.1, 0.15) is 5.56 Å². The normalized spacial score (nSPS) is 10.5. The summed E-state index contributed by atoms with van der Waals surface area (Å²) in [5, 5.41) is 7.19. The van der Waals surface area contributed by atoms with Crippen molar-refractivity contribution in [2.24, 2.45) is 0 Å². The smallest absolute Gasteiger partial charge is 0.243 e. The van der Waals surface area contributed by atoms with Crippen LogP contribution in [0.15, 0.2) is 30.3 Å². The quantitative estimate of drug-likeness (QED) is 0.459. The molecule has 0 fully saturated rings. The summed E-state index contributed by atoms with van der Waals surface area (Å²) in [6, 6.07) is 9.66. The second kappa shape index (κ2) is 4.27. The van der Waals surface area contributed by atoms with Gasteiger partial charge in [0.15, 0.2) is 5.76 Å². The molecule has 0 atom stereocenters. The summed E-state index contributed by atoms with van der Waals surface area (Å²) in [5.41, 5.74) is 0.921. The lowest BCUT2D eigenvalue weighted by molar-refractivity contribution is 0.520. The zero-order valence-electron chi connectivity index (χ0n) is 8.79. The van der Waals surface area contributed by atoms with Crippen LogP contribution in [0.3, 0.4) is 0 Å². The van der Waals surface area contributed by atoms with Crippen LogP contribution in [0.2, 0.25) is 19.6 Å². The molecule has 1 aromatic carbocycles. The van der Waals surface area contributed by atoms with Crippen molar-refractivity contribution in [3.63, 3.8) is 0 Å². The van der Waals surface area contributed by atoms with Crippen LogP contribution in [-0.4, -0.2) is 14.2 Å². The minimum Gasteiger partial charge on any atom is -0.538 e. The molecule has 0 radical (unpaired) electrons. The molecule has 0 aliphatic heterocycles. The van der Waals surface area contributed by atoms with Gasteiger partial charge in [0.25, 0.3) is 0 Å². The molecule has 2 nitrogen and oxygen atoms in total. The van der Waals surface area contributed by atoms with Gasteiger partial charge < -0.3 is 4.43 Å². The SMILES string of the molecule is C[Si](C)(C)OC(=C=N)c1ccccc1. The molecule has 0 unspecified atom stereocenters. The minimum atomic E-state index is -1.64. The second-order valence-corrected chi connectivity index (χ2v) is 8.46. The van der Waals surface area contributed by atoms with Crippen molar-refractivity contribution in [1.82, 2.24) is 0 Å². The molecule has 3 heteroatoms. The largest absolute Gasteiger partial charge is 0.538 e. The fraction of sp³-hybridized carbons (Fsp3) is 0.273. The van der Waals surface area contributed by atoms with Crippen molar-refractivity contribution in [2.75, 3.05) is 0 Å². The summed E-state index contributed by atoms with van der Waals surface area (Å²) in [4.78, 5) is 0. The molecule has 0 saturated carbocycles. The van der Waals surface area contributed by atoms with Crippen LogP contribution in [0.25, 0.3) is 5.76 Å². The first kappa shape index (κ1) is 10.8. The highest BCUT2D eigenvalue weighted by Crippen LogP contribution is 2.17. The molecule has 0 aromatic heterocycles. The molecular formula is C11H15NOSi. The van der Waals surface area contributed by atoms with E-state index in [1.165, 1.54) is 0 Å². The lowest BCUT2D eigenvalue weighted by atomic mass is 10.2. The maximum Gasteiger partial charge on any atom is 0.243 e. The molecule has 0 saturated heterocycles. The number of nitrogens with one attached hydrogen (secondary N) is 1. The average Bonchev–Trinajstić information content (AvgIpc) is 2.14. The summed E-state index contributed by atoms with van der Waals surface area (Å²) in [6.45, 7) is 6.27. The van der Waals surface area contributed by atoms with Crippen molar-refractivity contribution in [3.8, 4) is 0 Å². The van der Waals surface area contributed by atoms with Gasteiger partial charge in [-0.25, -0.2) is 0 Å². The van der Waals surface area contributed by atoms with E-state index in [0.29, 0.717) is 5.76 Å². The third-order valence-corrected chi connectivity index (χ3v) is 2.37. The molecule has 0 spiro atoms. The Labute approximate surface area is 85.9 Å². The van der Waals surface area contributed by atoms with Gasteiger partial charge in [-0.2, -0.15) is 0 Å². The first-order valence-electron chi connectivity index (χ1n) is 4.57. The summed E-state index contributed by atoms with van der Waals surface area (Å²) in [5.74, 6) is 2.90.